The van der Waals surface area contributed by atoms with Gasteiger partial charge in [0.05, 0.1) is 31.3 Å². The van der Waals surface area contributed by atoms with Gasteiger partial charge in [-0.3, -0.25) is 4.79 Å². The van der Waals surface area contributed by atoms with Crippen molar-refractivity contribution in [3.63, 3.8) is 0 Å². The zero-order valence-corrected chi connectivity index (χ0v) is 13.5. The molecule has 0 aromatic carbocycles. The van der Waals surface area contributed by atoms with Crippen LogP contribution < -0.4 is 0 Å². The Kier molecular flexibility index (Phi) is 4.49. The standard InChI is InChI=1S/C16H25N3O3/c1-18-12-17-9-14(18)15(20)19-6-3-5-16(11-19)8-13(10-22-16)4-7-21-2/h9,12-13H,3-8,10-11H2,1-2H3/t13-,16-/m0/s1. The van der Waals surface area contributed by atoms with Gasteiger partial charge in [-0.1, -0.05) is 0 Å². The summed E-state index contributed by atoms with van der Waals surface area (Å²) in [6.07, 6.45) is 7.42. The van der Waals surface area contributed by atoms with Crippen LogP contribution in [-0.4, -0.2) is 59.4 Å². The summed E-state index contributed by atoms with van der Waals surface area (Å²) < 4.78 is 13.1. The van der Waals surface area contributed by atoms with E-state index in [1.165, 1.54) is 0 Å². The van der Waals surface area contributed by atoms with E-state index in [1.807, 2.05) is 11.9 Å². The second-order valence-corrected chi connectivity index (χ2v) is 6.57. The third kappa shape index (κ3) is 3.03. The molecule has 0 bridgehead atoms. The smallest absolute Gasteiger partial charge is 0.272 e. The van der Waals surface area contributed by atoms with Gasteiger partial charge in [0.2, 0.25) is 0 Å². The number of aryl methyl sites for hydroxylation is 1. The maximum Gasteiger partial charge on any atom is 0.272 e. The Morgan fingerprint density at radius 3 is 3.18 bits per heavy atom. The first-order chi connectivity index (χ1) is 10.6. The van der Waals surface area contributed by atoms with Gasteiger partial charge in [-0.15, -0.1) is 0 Å². The van der Waals surface area contributed by atoms with Gasteiger partial charge in [-0.05, 0) is 31.6 Å². The number of nitrogens with zero attached hydrogens (tertiary/aromatic N) is 3. The van der Waals surface area contributed by atoms with Crippen LogP contribution in [0.5, 0.6) is 0 Å². The van der Waals surface area contributed by atoms with E-state index >= 15 is 0 Å². The largest absolute Gasteiger partial charge is 0.385 e. The van der Waals surface area contributed by atoms with Crippen LogP contribution in [0.4, 0.5) is 0 Å². The summed E-state index contributed by atoms with van der Waals surface area (Å²) in [5.74, 6) is 0.606. The number of carbonyl (C=O) groups is 1. The molecule has 1 spiro atoms. The minimum atomic E-state index is -0.148. The summed E-state index contributed by atoms with van der Waals surface area (Å²) in [4.78, 5) is 18.6. The number of likely N-dealkylation sites (tertiary alicyclic amines) is 1. The zero-order valence-electron chi connectivity index (χ0n) is 13.5. The lowest BCUT2D eigenvalue weighted by Crippen LogP contribution is -2.50. The Morgan fingerprint density at radius 2 is 2.45 bits per heavy atom. The molecule has 0 aliphatic carbocycles. The molecule has 2 aliphatic heterocycles. The number of ether oxygens (including phenoxy) is 2. The third-order valence-electron chi connectivity index (χ3n) is 4.88. The number of rotatable bonds is 4. The van der Waals surface area contributed by atoms with Gasteiger partial charge in [0.25, 0.3) is 5.91 Å². The van der Waals surface area contributed by atoms with Crippen LogP contribution in [0.25, 0.3) is 0 Å². The van der Waals surface area contributed by atoms with Gasteiger partial charge in [-0.2, -0.15) is 0 Å². The number of methoxy groups -OCH3 is 1. The Balaban J connectivity index is 1.65. The third-order valence-corrected chi connectivity index (χ3v) is 4.88. The average Bonchev–Trinajstić information content (AvgIpc) is 3.11. The van der Waals surface area contributed by atoms with Gasteiger partial charge in [0.1, 0.15) is 5.69 Å². The molecule has 1 aromatic rings. The van der Waals surface area contributed by atoms with Crippen molar-refractivity contribution in [1.29, 1.82) is 0 Å². The molecule has 3 heterocycles. The van der Waals surface area contributed by atoms with E-state index in [1.54, 1.807) is 24.2 Å². The molecule has 1 amide bonds. The van der Waals surface area contributed by atoms with Crippen LogP contribution >= 0.6 is 0 Å². The highest BCUT2D eigenvalue weighted by Gasteiger charge is 2.44. The lowest BCUT2D eigenvalue weighted by molar-refractivity contribution is -0.0452. The zero-order chi connectivity index (χ0) is 15.6. The van der Waals surface area contributed by atoms with Crippen LogP contribution in [0.1, 0.15) is 36.2 Å². The molecule has 122 valence electrons. The van der Waals surface area contributed by atoms with E-state index in [2.05, 4.69) is 4.98 Å². The van der Waals surface area contributed by atoms with E-state index in [0.717, 1.165) is 45.4 Å². The van der Waals surface area contributed by atoms with Crippen molar-refractivity contribution in [1.82, 2.24) is 14.5 Å². The van der Waals surface area contributed by atoms with Crippen molar-refractivity contribution in [3.8, 4) is 0 Å². The fourth-order valence-corrected chi connectivity index (χ4v) is 3.69. The van der Waals surface area contributed by atoms with Crippen molar-refractivity contribution < 1.29 is 14.3 Å². The van der Waals surface area contributed by atoms with Gasteiger partial charge in [-0.25, -0.2) is 4.98 Å². The van der Waals surface area contributed by atoms with E-state index < -0.39 is 0 Å². The van der Waals surface area contributed by atoms with Crippen molar-refractivity contribution >= 4 is 5.91 Å². The molecule has 22 heavy (non-hydrogen) atoms. The average molecular weight is 307 g/mol. The molecule has 3 rings (SSSR count). The number of hydrogen-bond donors (Lipinski definition) is 0. The van der Waals surface area contributed by atoms with E-state index in [0.29, 0.717) is 18.2 Å². The molecular weight excluding hydrogens is 282 g/mol. The van der Waals surface area contributed by atoms with Gasteiger partial charge in [0, 0.05) is 27.3 Å². The number of piperidine rings is 1. The molecule has 2 fully saturated rings. The summed E-state index contributed by atoms with van der Waals surface area (Å²) in [5.41, 5.74) is 0.497. The lowest BCUT2D eigenvalue weighted by atomic mass is 9.85. The van der Waals surface area contributed by atoms with E-state index in [9.17, 15) is 4.79 Å². The molecule has 0 N–H and O–H groups in total. The Bertz CT molecular complexity index is 530. The molecular formula is C16H25N3O3. The van der Waals surface area contributed by atoms with Crippen molar-refractivity contribution in [2.45, 2.75) is 31.3 Å². The quantitative estimate of drug-likeness (QED) is 0.845. The SMILES string of the molecule is COCC[C@@H]1CO[C@@]2(CCCN(C(=O)c3cncn3C)C2)C1. The van der Waals surface area contributed by atoms with Gasteiger partial charge >= 0.3 is 0 Å². The molecule has 1 aromatic heterocycles. The molecule has 2 saturated heterocycles. The molecule has 6 nitrogen and oxygen atoms in total. The van der Waals surface area contributed by atoms with Crippen molar-refractivity contribution in [2.24, 2.45) is 13.0 Å². The maximum absolute atomic E-state index is 12.7. The highest BCUT2D eigenvalue weighted by Crippen LogP contribution is 2.38. The first-order valence-corrected chi connectivity index (χ1v) is 8.02. The Hall–Kier alpha value is -1.40. The monoisotopic (exact) mass is 307 g/mol. The minimum Gasteiger partial charge on any atom is -0.385 e. The number of aromatic nitrogens is 2. The molecule has 2 aliphatic rings. The summed E-state index contributed by atoms with van der Waals surface area (Å²) >= 11 is 0. The van der Waals surface area contributed by atoms with Gasteiger partial charge in [0.15, 0.2) is 0 Å². The summed E-state index contributed by atoms with van der Waals surface area (Å²) in [7, 11) is 3.59. The normalized spacial score (nSPS) is 28.5. The highest BCUT2D eigenvalue weighted by molar-refractivity contribution is 5.92. The molecule has 0 unspecified atom stereocenters. The number of carbonyl (C=O) groups excluding carboxylic acids is 1. The molecule has 0 saturated carbocycles. The molecule has 2 atom stereocenters. The predicted octanol–water partition coefficient (Wildman–Crippen LogP) is 1.47. The number of imidazole rings is 1. The summed E-state index contributed by atoms with van der Waals surface area (Å²) in [6, 6.07) is 0. The minimum absolute atomic E-state index is 0.0583. The second-order valence-electron chi connectivity index (χ2n) is 6.57. The fraction of sp³-hybridized carbons (Fsp3) is 0.750. The maximum atomic E-state index is 12.7. The summed E-state index contributed by atoms with van der Waals surface area (Å²) in [6.45, 7) is 3.07. The number of amides is 1. The van der Waals surface area contributed by atoms with Crippen LogP contribution in [0.2, 0.25) is 0 Å². The fourth-order valence-electron chi connectivity index (χ4n) is 3.69. The van der Waals surface area contributed by atoms with E-state index in [4.69, 9.17) is 9.47 Å². The van der Waals surface area contributed by atoms with Gasteiger partial charge < -0.3 is 18.9 Å². The van der Waals surface area contributed by atoms with Crippen LogP contribution in [0, 0.1) is 5.92 Å². The topological polar surface area (TPSA) is 56.6 Å². The summed E-state index contributed by atoms with van der Waals surface area (Å²) in [5, 5.41) is 0. The van der Waals surface area contributed by atoms with Crippen LogP contribution in [-0.2, 0) is 16.5 Å². The Labute approximate surface area is 131 Å². The van der Waals surface area contributed by atoms with Crippen molar-refractivity contribution in [2.75, 3.05) is 33.4 Å². The number of hydrogen-bond acceptors (Lipinski definition) is 4. The Morgan fingerprint density at radius 1 is 1.59 bits per heavy atom. The first-order valence-electron chi connectivity index (χ1n) is 8.02. The van der Waals surface area contributed by atoms with Crippen LogP contribution in [0.3, 0.4) is 0 Å². The van der Waals surface area contributed by atoms with Crippen LogP contribution in [0.15, 0.2) is 12.5 Å². The predicted molar refractivity (Wildman–Crippen MR) is 81.6 cm³/mol. The molecule has 6 heteroatoms. The van der Waals surface area contributed by atoms with Crippen molar-refractivity contribution in [3.05, 3.63) is 18.2 Å². The lowest BCUT2D eigenvalue weighted by Gasteiger charge is -2.39. The second kappa shape index (κ2) is 6.38. The first kappa shape index (κ1) is 15.5. The highest BCUT2D eigenvalue weighted by atomic mass is 16.5. The van der Waals surface area contributed by atoms with E-state index in [-0.39, 0.29) is 11.5 Å². The molecule has 0 radical (unpaired) electrons.